The molecule has 2 aromatic carbocycles. The second-order valence-corrected chi connectivity index (χ2v) is 7.23. The summed E-state index contributed by atoms with van der Waals surface area (Å²) in [6, 6.07) is 5.45. The zero-order valence-electron chi connectivity index (χ0n) is 18.1. The normalized spacial score (nSPS) is 12.5. The Morgan fingerprint density at radius 3 is 2.25 bits per heavy atom. The lowest BCUT2D eigenvalue weighted by Crippen LogP contribution is -2.35. The van der Waals surface area contributed by atoms with E-state index in [-0.39, 0.29) is 22.7 Å². The number of alkyl halides is 6. The van der Waals surface area contributed by atoms with Gasteiger partial charge in [-0.25, -0.2) is 4.79 Å². The van der Waals surface area contributed by atoms with E-state index < -0.39 is 46.2 Å². The number of urea groups is 1. The largest absolute Gasteiger partial charge is 0.494 e. The number of carbonyl (C=O) groups is 1. The molecule has 190 valence electrons. The maximum Gasteiger partial charge on any atom is 0.418 e. The number of non-ortho nitro benzene ring substituents is 1. The number of hydrogen-bond acceptors (Lipinski definition) is 5. The number of nitrogens with zero attached hydrogens (tertiary/aromatic N) is 2. The van der Waals surface area contributed by atoms with Gasteiger partial charge in [0.15, 0.2) is 0 Å². The number of halogens is 6. The van der Waals surface area contributed by atoms with Crippen molar-refractivity contribution in [1.29, 1.82) is 0 Å². The standard InChI is InChI=1S/C22H16F6N4O4/c1-36-17-11-14(32(34)35)8-9-16(17)30-20(33)31-18(12-4-6-13(7-5-12)21(23,24)25)19-15(22(26,27)28)3-2-10-29-19/h2-11,18H,1H3,(H2,30,31,33). The fraction of sp³-hybridized carbons (Fsp3) is 0.182. The van der Waals surface area contributed by atoms with E-state index >= 15 is 0 Å². The summed E-state index contributed by atoms with van der Waals surface area (Å²) in [5, 5.41) is 15.5. The minimum absolute atomic E-state index is 0.0520. The predicted octanol–water partition coefficient (Wildman–Crippen LogP) is 5.95. The fourth-order valence-electron chi connectivity index (χ4n) is 3.25. The van der Waals surface area contributed by atoms with E-state index in [2.05, 4.69) is 15.6 Å². The van der Waals surface area contributed by atoms with Crippen molar-refractivity contribution in [2.45, 2.75) is 18.4 Å². The van der Waals surface area contributed by atoms with Crippen LogP contribution in [0, 0.1) is 10.1 Å². The van der Waals surface area contributed by atoms with Crippen LogP contribution in [0.25, 0.3) is 0 Å². The first-order valence-corrected chi connectivity index (χ1v) is 9.90. The summed E-state index contributed by atoms with van der Waals surface area (Å²) in [6.45, 7) is 0. The molecule has 0 saturated heterocycles. The Balaban J connectivity index is 2.00. The van der Waals surface area contributed by atoms with E-state index in [1.165, 1.54) is 7.11 Å². The SMILES string of the molecule is COc1cc([N+](=O)[O-])ccc1NC(=O)NC(c1ccc(C(F)(F)F)cc1)c1ncccc1C(F)(F)F. The van der Waals surface area contributed by atoms with Crippen LogP contribution in [-0.2, 0) is 12.4 Å². The van der Waals surface area contributed by atoms with Gasteiger partial charge in [0.05, 0.1) is 46.6 Å². The number of carbonyl (C=O) groups excluding carboxylic acids is 1. The molecule has 0 aliphatic carbocycles. The van der Waals surface area contributed by atoms with E-state index in [0.717, 1.165) is 48.7 Å². The van der Waals surface area contributed by atoms with E-state index in [9.17, 15) is 41.3 Å². The van der Waals surface area contributed by atoms with Crippen LogP contribution >= 0.6 is 0 Å². The van der Waals surface area contributed by atoms with Gasteiger partial charge < -0.3 is 15.4 Å². The number of nitrogens with one attached hydrogen (secondary N) is 2. The van der Waals surface area contributed by atoms with Gasteiger partial charge in [-0.2, -0.15) is 26.3 Å². The van der Waals surface area contributed by atoms with E-state index in [4.69, 9.17) is 4.74 Å². The van der Waals surface area contributed by atoms with E-state index in [1.54, 1.807) is 0 Å². The van der Waals surface area contributed by atoms with Crippen molar-refractivity contribution in [3.8, 4) is 5.75 Å². The Hall–Kier alpha value is -4.36. The van der Waals surface area contributed by atoms with Crippen molar-refractivity contribution in [1.82, 2.24) is 10.3 Å². The monoisotopic (exact) mass is 514 g/mol. The van der Waals surface area contributed by atoms with Crippen LogP contribution in [0.1, 0.15) is 28.4 Å². The van der Waals surface area contributed by atoms with Gasteiger partial charge in [-0.05, 0) is 35.9 Å². The number of aromatic nitrogens is 1. The fourth-order valence-corrected chi connectivity index (χ4v) is 3.25. The lowest BCUT2D eigenvalue weighted by atomic mass is 9.98. The molecule has 2 amide bonds. The average Bonchev–Trinajstić information content (AvgIpc) is 2.81. The molecule has 14 heteroatoms. The molecule has 36 heavy (non-hydrogen) atoms. The maximum absolute atomic E-state index is 13.6. The van der Waals surface area contributed by atoms with Gasteiger partial charge in [0.25, 0.3) is 5.69 Å². The van der Waals surface area contributed by atoms with Gasteiger partial charge in [0.2, 0.25) is 0 Å². The zero-order valence-corrected chi connectivity index (χ0v) is 18.1. The molecule has 0 aliphatic rings. The number of ether oxygens (including phenoxy) is 1. The van der Waals surface area contributed by atoms with Crippen molar-refractivity contribution in [2.24, 2.45) is 0 Å². The molecule has 0 fully saturated rings. The molecule has 0 spiro atoms. The Morgan fingerprint density at radius 2 is 1.69 bits per heavy atom. The predicted molar refractivity (Wildman–Crippen MR) is 114 cm³/mol. The highest BCUT2D eigenvalue weighted by atomic mass is 19.4. The molecule has 0 aliphatic heterocycles. The lowest BCUT2D eigenvalue weighted by Gasteiger charge is -2.23. The number of amides is 2. The molecule has 0 bridgehead atoms. The molecule has 0 radical (unpaired) electrons. The summed E-state index contributed by atoms with van der Waals surface area (Å²) in [6.07, 6.45) is -8.53. The van der Waals surface area contributed by atoms with Gasteiger partial charge >= 0.3 is 18.4 Å². The summed E-state index contributed by atoms with van der Waals surface area (Å²) in [4.78, 5) is 26.7. The summed E-state index contributed by atoms with van der Waals surface area (Å²) < 4.78 is 84.8. The van der Waals surface area contributed by atoms with Crippen LogP contribution in [0.15, 0.2) is 60.8 Å². The molecule has 0 saturated carbocycles. The average molecular weight is 514 g/mol. The van der Waals surface area contributed by atoms with Crippen LogP contribution < -0.4 is 15.4 Å². The van der Waals surface area contributed by atoms with Crippen molar-refractivity contribution in [3.05, 3.63) is 93.3 Å². The van der Waals surface area contributed by atoms with Gasteiger partial charge in [-0.1, -0.05) is 12.1 Å². The molecule has 3 aromatic rings. The van der Waals surface area contributed by atoms with Crippen LogP contribution in [0.4, 0.5) is 42.5 Å². The molecular formula is C22H16F6N4O4. The number of nitro benzene ring substituents is 1. The number of benzene rings is 2. The minimum Gasteiger partial charge on any atom is -0.494 e. The zero-order chi connectivity index (χ0) is 26.7. The number of rotatable bonds is 6. The van der Waals surface area contributed by atoms with Gasteiger partial charge in [-0.15, -0.1) is 0 Å². The number of methoxy groups -OCH3 is 1. The summed E-state index contributed by atoms with van der Waals surface area (Å²) in [7, 11) is 1.18. The number of hydrogen-bond donors (Lipinski definition) is 2. The molecule has 1 aromatic heterocycles. The van der Waals surface area contributed by atoms with Crippen molar-refractivity contribution in [3.63, 3.8) is 0 Å². The number of pyridine rings is 1. The lowest BCUT2D eigenvalue weighted by molar-refractivity contribution is -0.384. The molecule has 3 rings (SSSR count). The minimum atomic E-state index is -4.88. The highest BCUT2D eigenvalue weighted by Crippen LogP contribution is 2.37. The van der Waals surface area contributed by atoms with Gasteiger partial charge in [0.1, 0.15) is 5.75 Å². The first kappa shape index (κ1) is 26.2. The third kappa shape index (κ3) is 6.00. The molecule has 1 atom stereocenters. The van der Waals surface area contributed by atoms with Crippen molar-refractivity contribution >= 4 is 17.4 Å². The first-order chi connectivity index (χ1) is 16.8. The summed E-state index contributed by atoms with van der Waals surface area (Å²) in [5.74, 6) is -0.112. The third-order valence-corrected chi connectivity index (χ3v) is 4.91. The highest BCUT2D eigenvalue weighted by molar-refractivity contribution is 5.91. The smallest absolute Gasteiger partial charge is 0.418 e. The van der Waals surface area contributed by atoms with E-state index in [1.807, 2.05) is 0 Å². The van der Waals surface area contributed by atoms with Crippen molar-refractivity contribution in [2.75, 3.05) is 12.4 Å². The van der Waals surface area contributed by atoms with Crippen LogP contribution in [-0.4, -0.2) is 23.0 Å². The van der Waals surface area contributed by atoms with Crippen LogP contribution in [0.5, 0.6) is 5.75 Å². The third-order valence-electron chi connectivity index (χ3n) is 4.91. The van der Waals surface area contributed by atoms with Crippen LogP contribution in [0.3, 0.4) is 0 Å². The maximum atomic E-state index is 13.6. The molecule has 2 N–H and O–H groups in total. The summed E-state index contributed by atoms with van der Waals surface area (Å²) in [5.41, 5.74) is -3.41. The van der Waals surface area contributed by atoms with Crippen LogP contribution in [0.2, 0.25) is 0 Å². The first-order valence-electron chi connectivity index (χ1n) is 9.90. The topological polar surface area (TPSA) is 106 Å². The molecular weight excluding hydrogens is 498 g/mol. The Kier molecular flexibility index (Phi) is 7.36. The second-order valence-electron chi connectivity index (χ2n) is 7.23. The van der Waals surface area contributed by atoms with Gasteiger partial charge in [-0.3, -0.25) is 15.1 Å². The highest BCUT2D eigenvalue weighted by Gasteiger charge is 2.37. The number of nitro groups is 1. The quantitative estimate of drug-likeness (QED) is 0.240. The molecule has 1 unspecified atom stereocenters. The van der Waals surface area contributed by atoms with Gasteiger partial charge in [0, 0.05) is 12.3 Å². The molecule has 8 nitrogen and oxygen atoms in total. The van der Waals surface area contributed by atoms with E-state index in [0.29, 0.717) is 12.1 Å². The second kappa shape index (κ2) is 10.1. The molecule has 1 heterocycles. The van der Waals surface area contributed by atoms with Crippen molar-refractivity contribution < 1.29 is 40.8 Å². The number of anilines is 1. The Bertz CT molecular complexity index is 1260. The Labute approximate surface area is 199 Å². The summed E-state index contributed by atoms with van der Waals surface area (Å²) >= 11 is 0. The Morgan fingerprint density at radius 1 is 1.03 bits per heavy atom.